The van der Waals surface area contributed by atoms with E-state index >= 15 is 0 Å². The van der Waals surface area contributed by atoms with Gasteiger partial charge in [0.15, 0.2) is 0 Å². The minimum Gasteiger partial charge on any atom is -0.367 e. The summed E-state index contributed by atoms with van der Waals surface area (Å²) in [4.78, 5) is 19.7. The molecule has 1 saturated carbocycles. The van der Waals surface area contributed by atoms with E-state index in [1.165, 1.54) is 18.5 Å². The van der Waals surface area contributed by atoms with Crippen LogP contribution in [0, 0.1) is 6.92 Å². The van der Waals surface area contributed by atoms with E-state index in [2.05, 4.69) is 36.2 Å². The summed E-state index contributed by atoms with van der Waals surface area (Å²) >= 11 is 0. The van der Waals surface area contributed by atoms with Gasteiger partial charge >= 0.3 is 0 Å². The van der Waals surface area contributed by atoms with Crippen molar-refractivity contribution >= 4 is 11.6 Å². The predicted octanol–water partition coefficient (Wildman–Crippen LogP) is 2.53. The predicted molar refractivity (Wildman–Crippen MR) is 89.6 cm³/mol. The van der Waals surface area contributed by atoms with Gasteiger partial charge in [-0.2, -0.15) is 0 Å². The summed E-state index contributed by atoms with van der Waals surface area (Å²) in [5, 5.41) is 3.52. The number of anilines is 2. The maximum absolute atomic E-state index is 4.47. The summed E-state index contributed by atoms with van der Waals surface area (Å²) in [7, 11) is 0. The van der Waals surface area contributed by atoms with Crippen LogP contribution in [0.15, 0.2) is 24.8 Å². The van der Waals surface area contributed by atoms with Gasteiger partial charge in [0.1, 0.15) is 24.3 Å². The highest BCUT2D eigenvalue weighted by Crippen LogP contribution is 2.39. The number of aryl methyl sites for hydroxylation is 1. The molecule has 0 aromatic carbocycles. The van der Waals surface area contributed by atoms with Crippen LogP contribution in [0.25, 0.3) is 0 Å². The van der Waals surface area contributed by atoms with Crippen LogP contribution in [0.2, 0.25) is 0 Å². The molecule has 0 atom stereocenters. The van der Waals surface area contributed by atoms with E-state index in [1.54, 1.807) is 12.7 Å². The molecular formula is C17H22N6. The molecule has 0 spiro atoms. The van der Waals surface area contributed by atoms with Crippen LogP contribution in [0.3, 0.4) is 0 Å². The molecule has 6 nitrogen and oxygen atoms in total. The lowest BCUT2D eigenvalue weighted by atomic mass is 10.0. The summed E-state index contributed by atoms with van der Waals surface area (Å²) < 4.78 is 0. The first-order valence-corrected chi connectivity index (χ1v) is 8.40. The third-order valence-electron chi connectivity index (χ3n) is 4.64. The van der Waals surface area contributed by atoms with Crippen LogP contribution in [0.5, 0.6) is 0 Å². The molecule has 1 aliphatic carbocycles. The maximum Gasteiger partial charge on any atom is 0.132 e. The Bertz CT molecular complexity index is 676. The molecule has 0 amide bonds. The molecule has 1 N–H and O–H groups in total. The Balaban J connectivity index is 1.36. The molecule has 23 heavy (non-hydrogen) atoms. The highest BCUT2D eigenvalue weighted by atomic mass is 15.2. The largest absolute Gasteiger partial charge is 0.367 e. The number of hydrogen-bond donors (Lipinski definition) is 1. The van der Waals surface area contributed by atoms with Gasteiger partial charge in [0.25, 0.3) is 0 Å². The Hall–Kier alpha value is -2.24. The Morgan fingerprint density at radius 1 is 0.957 bits per heavy atom. The fourth-order valence-electron chi connectivity index (χ4n) is 3.13. The fourth-order valence-corrected chi connectivity index (χ4v) is 3.13. The smallest absolute Gasteiger partial charge is 0.132 e. The van der Waals surface area contributed by atoms with Crippen LogP contribution < -0.4 is 10.2 Å². The zero-order valence-electron chi connectivity index (χ0n) is 13.4. The van der Waals surface area contributed by atoms with Crippen molar-refractivity contribution in [2.45, 2.75) is 44.6 Å². The Morgan fingerprint density at radius 3 is 2.48 bits per heavy atom. The molecule has 2 aromatic heterocycles. The molecule has 0 bridgehead atoms. The average Bonchev–Trinajstić information content (AvgIpc) is 3.41. The lowest BCUT2D eigenvalue weighted by Gasteiger charge is -2.33. The van der Waals surface area contributed by atoms with E-state index in [0.717, 1.165) is 43.3 Å². The lowest BCUT2D eigenvalue weighted by molar-refractivity contribution is 0.522. The SMILES string of the molecule is Cc1cc(NC2CCN(c3cc(C4CC4)ncn3)CC2)ncn1. The summed E-state index contributed by atoms with van der Waals surface area (Å²) in [6.45, 7) is 4.02. The molecule has 0 unspecified atom stereocenters. The molecule has 6 heteroatoms. The summed E-state index contributed by atoms with van der Waals surface area (Å²) in [6.07, 6.45) is 8.07. The van der Waals surface area contributed by atoms with Crippen molar-refractivity contribution in [1.82, 2.24) is 19.9 Å². The third-order valence-corrected chi connectivity index (χ3v) is 4.64. The van der Waals surface area contributed by atoms with Crippen molar-refractivity contribution in [3.05, 3.63) is 36.2 Å². The van der Waals surface area contributed by atoms with Crippen molar-refractivity contribution in [2.75, 3.05) is 23.3 Å². The van der Waals surface area contributed by atoms with E-state index in [0.29, 0.717) is 12.0 Å². The molecule has 1 aliphatic heterocycles. The Labute approximate surface area is 136 Å². The number of rotatable bonds is 4. The second-order valence-corrected chi connectivity index (χ2v) is 6.53. The third kappa shape index (κ3) is 3.41. The van der Waals surface area contributed by atoms with E-state index in [-0.39, 0.29) is 0 Å². The van der Waals surface area contributed by atoms with Crippen LogP contribution in [0.4, 0.5) is 11.6 Å². The summed E-state index contributed by atoms with van der Waals surface area (Å²) in [5.74, 6) is 2.68. The van der Waals surface area contributed by atoms with Crippen molar-refractivity contribution in [3.63, 3.8) is 0 Å². The number of nitrogens with zero attached hydrogens (tertiary/aromatic N) is 5. The monoisotopic (exact) mass is 310 g/mol. The highest BCUT2D eigenvalue weighted by molar-refractivity contribution is 5.42. The molecule has 2 aliphatic rings. The highest BCUT2D eigenvalue weighted by Gasteiger charge is 2.26. The van der Waals surface area contributed by atoms with Gasteiger partial charge in [-0.05, 0) is 32.6 Å². The second kappa shape index (κ2) is 6.10. The van der Waals surface area contributed by atoms with Gasteiger partial charge in [-0.3, -0.25) is 0 Å². The topological polar surface area (TPSA) is 66.8 Å². The normalized spacial score (nSPS) is 18.9. The molecule has 4 rings (SSSR count). The fraction of sp³-hybridized carbons (Fsp3) is 0.529. The van der Waals surface area contributed by atoms with Gasteiger partial charge in [-0.25, -0.2) is 19.9 Å². The van der Waals surface area contributed by atoms with Crippen LogP contribution in [-0.4, -0.2) is 39.1 Å². The molecule has 3 heterocycles. The first kappa shape index (κ1) is 14.4. The van der Waals surface area contributed by atoms with E-state index in [4.69, 9.17) is 0 Å². The quantitative estimate of drug-likeness (QED) is 0.936. The molecule has 2 aromatic rings. The van der Waals surface area contributed by atoms with Crippen molar-refractivity contribution in [1.29, 1.82) is 0 Å². The number of nitrogens with one attached hydrogen (secondary N) is 1. The van der Waals surface area contributed by atoms with Gasteiger partial charge in [-0.15, -0.1) is 0 Å². The summed E-state index contributed by atoms with van der Waals surface area (Å²) in [5.41, 5.74) is 2.21. The van der Waals surface area contributed by atoms with Crippen LogP contribution in [0.1, 0.15) is 43.0 Å². The van der Waals surface area contributed by atoms with Crippen molar-refractivity contribution < 1.29 is 0 Å². The first-order valence-electron chi connectivity index (χ1n) is 8.40. The molecule has 120 valence electrons. The molecule has 0 radical (unpaired) electrons. The van der Waals surface area contributed by atoms with Gasteiger partial charge < -0.3 is 10.2 Å². The minimum atomic E-state index is 0.463. The average molecular weight is 310 g/mol. The van der Waals surface area contributed by atoms with Crippen LogP contribution >= 0.6 is 0 Å². The van der Waals surface area contributed by atoms with Gasteiger partial charge in [-0.1, -0.05) is 0 Å². The zero-order valence-corrected chi connectivity index (χ0v) is 13.4. The Kier molecular flexibility index (Phi) is 3.81. The lowest BCUT2D eigenvalue weighted by Crippen LogP contribution is -2.39. The Morgan fingerprint density at radius 2 is 1.74 bits per heavy atom. The number of piperidine rings is 1. The van der Waals surface area contributed by atoms with Gasteiger partial charge in [0.05, 0.1) is 0 Å². The molecular weight excluding hydrogens is 288 g/mol. The van der Waals surface area contributed by atoms with E-state index in [1.807, 2.05) is 13.0 Å². The standard InChI is InChI=1S/C17H22N6/c1-12-8-16(20-10-18-12)22-14-4-6-23(7-5-14)17-9-15(13-2-3-13)19-11-21-17/h8-11,13-14H,2-7H2,1H3,(H,18,20,22). The number of aromatic nitrogens is 4. The zero-order chi connectivity index (χ0) is 15.6. The van der Waals surface area contributed by atoms with Crippen molar-refractivity contribution in [2.24, 2.45) is 0 Å². The first-order chi connectivity index (χ1) is 11.3. The van der Waals surface area contributed by atoms with Gasteiger partial charge in [0, 0.05) is 48.6 Å². The van der Waals surface area contributed by atoms with E-state index in [9.17, 15) is 0 Å². The summed E-state index contributed by atoms with van der Waals surface area (Å²) in [6, 6.07) is 4.64. The molecule has 1 saturated heterocycles. The molecule has 2 fully saturated rings. The van der Waals surface area contributed by atoms with E-state index < -0.39 is 0 Å². The van der Waals surface area contributed by atoms with Crippen molar-refractivity contribution in [3.8, 4) is 0 Å². The number of hydrogen-bond acceptors (Lipinski definition) is 6. The second-order valence-electron chi connectivity index (χ2n) is 6.53. The maximum atomic E-state index is 4.47. The minimum absolute atomic E-state index is 0.463. The van der Waals surface area contributed by atoms with Gasteiger partial charge in [0.2, 0.25) is 0 Å². The van der Waals surface area contributed by atoms with Crippen LogP contribution in [-0.2, 0) is 0 Å².